The lowest BCUT2D eigenvalue weighted by molar-refractivity contribution is 1.17. The van der Waals surface area contributed by atoms with Gasteiger partial charge >= 0.3 is 0 Å². The zero-order chi connectivity index (χ0) is 52.5. The van der Waals surface area contributed by atoms with Crippen molar-refractivity contribution >= 4 is 21.8 Å². The fourth-order valence-electron chi connectivity index (χ4n) is 11.3. The lowest BCUT2D eigenvalue weighted by atomic mass is 9.91. The lowest BCUT2D eigenvalue weighted by Crippen LogP contribution is -2.03. The van der Waals surface area contributed by atoms with Gasteiger partial charge in [-0.05, 0) is 104 Å². The summed E-state index contributed by atoms with van der Waals surface area (Å²) in [5.41, 5.74) is 23.9. The molecule has 0 aliphatic heterocycles. The number of hydrogen-bond donors (Lipinski definition) is 0. The zero-order valence-electron chi connectivity index (χ0n) is 43.3. The highest BCUT2D eigenvalue weighted by atomic mass is 15.0. The van der Waals surface area contributed by atoms with E-state index in [0.29, 0.717) is 5.82 Å². The second-order valence-corrected chi connectivity index (χ2v) is 20.1. The van der Waals surface area contributed by atoms with Crippen LogP contribution in [0.25, 0.3) is 139 Å². The average Bonchev–Trinajstić information content (AvgIpc) is 3.98. The van der Waals surface area contributed by atoms with Crippen LogP contribution < -0.4 is 0 Å². The summed E-state index contributed by atoms with van der Waals surface area (Å²) in [5, 5.41) is 2.35. The highest BCUT2D eigenvalue weighted by Crippen LogP contribution is 2.48. The predicted molar refractivity (Wildman–Crippen MR) is 331 cm³/mol. The first-order valence-electron chi connectivity index (χ1n) is 27.0. The summed E-state index contributed by atoms with van der Waals surface area (Å²) in [5.74, 6) is 0.657. The largest absolute Gasteiger partial charge is 0.307 e. The Morgan fingerprint density at radius 3 is 1.01 bits per heavy atom. The number of nitrogens with zero attached hydrogens (tertiary/aromatic N) is 3. The molecular formula is C76H51N3. The van der Waals surface area contributed by atoms with Crippen LogP contribution in [0.15, 0.2) is 309 Å². The zero-order valence-corrected chi connectivity index (χ0v) is 43.3. The molecule has 0 amide bonds. The van der Waals surface area contributed by atoms with Gasteiger partial charge in [0.2, 0.25) is 0 Å². The van der Waals surface area contributed by atoms with Gasteiger partial charge in [0.05, 0.1) is 28.1 Å². The second-order valence-electron chi connectivity index (χ2n) is 20.1. The number of benzene rings is 12. The fourth-order valence-corrected chi connectivity index (χ4v) is 11.3. The molecular weight excluding hydrogens is 955 g/mol. The second kappa shape index (κ2) is 20.6. The Morgan fingerprint density at radius 1 is 0.215 bits per heavy atom. The molecule has 0 atom stereocenters. The van der Waals surface area contributed by atoms with Crippen molar-refractivity contribution in [2.24, 2.45) is 0 Å². The lowest BCUT2D eigenvalue weighted by Gasteiger charge is -2.22. The summed E-state index contributed by atoms with van der Waals surface area (Å²) in [6.45, 7) is 0. The van der Waals surface area contributed by atoms with Gasteiger partial charge in [-0.3, -0.25) is 0 Å². The maximum atomic E-state index is 5.54. The van der Waals surface area contributed by atoms with Gasteiger partial charge in [0.25, 0.3) is 0 Å². The average molecular weight is 1010 g/mol. The van der Waals surface area contributed by atoms with E-state index in [1.165, 1.54) is 33.0 Å². The van der Waals surface area contributed by atoms with Gasteiger partial charge in [-0.1, -0.05) is 267 Å². The number of hydrogen-bond acceptors (Lipinski definition) is 2. The molecule has 79 heavy (non-hydrogen) atoms. The molecule has 0 aliphatic rings. The highest BCUT2D eigenvalue weighted by Gasteiger charge is 2.26. The van der Waals surface area contributed by atoms with Gasteiger partial charge in [0.15, 0.2) is 5.82 Å². The SMILES string of the molecule is c1ccc(-c2ccc(-c3cc(-c4cc(-c5ccccc5)c(-n5c6ccc(-c7ccccc7)cc6c6cc(-c7ccccc7)cc(-c7ccccc7)c65)c(-c5ccccc5)c4)nc(-c4ccc(-c5ccccc5)cc4)n3)cc2)cc1. The Bertz CT molecular complexity index is 4280. The van der Waals surface area contributed by atoms with Crippen LogP contribution >= 0.6 is 0 Å². The molecule has 0 radical (unpaired) electrons. The van der Waals surface area contributed by atoms with Crippen LogP contribution in [-0.2, 0) is 0 Å². The van der Waals surface area contributed by atoms with E-state index in [-0.39, 0.29) is 0 Å². The van der Waals surface area contributed by atoms with Gasteiger partial charge in [0, 0.05) is 44.2 Å². The van der Waals surface area contributed by atoms with Crippen LogP contribution in [0.5, 0.6) is 0 Å². The quantitative estimate of drug-likeness (QED) is 0.129. The molecule has 0 N–H and O–H groups in total. The van der Waals surface area contributed by atoms with Crippen LogP contribution in [0.1, 0.15) is 0 Å². The van der Waals surface area contributed by atoms with Crippen molar-refractivity contribution in [1.82, 2.24) is 14.5 Å². The maximum absolute atomic E-state index is 5.54. The van der Waals surface area contributed by atoms with Crippen LogP contribution in [0.2, 0.25) is 0 Å². The van der Waals surface area contributed by atoms with Crippen molar-refractivity contribution < 1.29 is 0 Å². The third kappa shape index (κ3) is 9.10. The van der Waals surface area contributed by atoms with E-state index in [0.717, 1.165) is 100 Å². The van der Waals surface area contributed by atoms with Crippen LogP contribution in [-0.4, -0.2) is 14.5 Å². The van der Waals surface area contributed by atoms with Crippen molar-refractivity contribution in [2.75, 3.05) is 0 Å². The summed E-state index contributed by atoms with van der Waals surface area (Å²) in [4.78, 5) is 10.9. The van der Waals surface area contributed by atoms with E-state index in [9.17, 15) is 0 Å². The topological polar surface area (TPSA) is 30.7 Å². The summed E-state index contributed by atoms with van der Waals surface area (Å²) < 4.78 is 2.56. The molecule has 0 fully saturated rings. The van der Waals surface area contributed by atoms with Gasteiger partial charge in [0.1, 0.15) is 0 Å². The van der Waals surface area contributed by atoms with Crippen LogP contribution in [0.3, 0.4) is 0 Å². The van der Waals surface area contributed by atoms with E-state index >= 15 is 0 Å². The molecule has 3 heteroatoms. The minimum atomic E-state index is 0.657. The van der Waals surface area contributed by atoms with Crippen molar-refractivity contribution in [1.29, 1.82) is 0 Å². The Hall–Kier alpha value is -10.5. The first-order valence-corrected chi connectivity index (χ1v) is 27.0. The monoisotopic (exact) mass is 1010 g/mol. The Kier molecular flexibility index (Phi) is 12.2. The predicted octanol–water partition coefficient (Wildman–Crippen LogP) is 20.2. The summed E-state index contributed by atoms with van der Waals surface area (Å²) in [6.07, 6.45) is 0. The minimum Gasteiger partial charge on any atom is -0.307 e. The van der Waals surface area contributed by atoms with E-state index in [1.807, 2.05) is 0 Å². The third-order valence-electron chi connectivity index (χ3n) is 15.2. The van der Waals surface area contributed by atoms with E-state index < -0.39 is 0 Å². The first kappa shape index (κ1) is 47.0. The van der Waals surface area contributed by atoms with E-state index in [2.05, 4.69) is 314 Å². The molecule has 0 spiro atoms. The van der Waals surface area contributed by atoms with Crippen molar-refractivity contribution in [3.63, 3.8) is 0 Å². The Balaban J connectivity index is 1.06. The highest BCUT2D eigenvalue weighted by molar-refractivity contribution is 6.17. The number of rotatable bonds is 11. The number of aromatic nitrogens is 3. The third-order valence-corrected chi connectivity index (χ3v) is 15.2. The van der Waals surface area contributed by atoms with Crippen LogP contribution in [0, 0.1) is 0 Å². The van der Waals surface area contributed by atoms with Gasteiger partial charge in [-0.25, -0.2) is 9.97 Å². The molecule has 0 unspecified atom stereocenters. The maximum Gasteiger partial charge on any atom is 0.160 e. The Morgan fingerprint density at radius 2 is 0.544 bits per heavy atom. The van der Waals surface area contributed by atoms with E-state index in [1.54, 1.807) is 0 Å². The first-order chi connectivity index (χ1) is 39.2. The molecule has 3 nitrogen and oxygen atoms in total. The summed E-state index contributed by atoms with van der Waals surface area (Å²) in [7, 11) is 0. The van der Waals surface area contributed by atoms with Crippen LogP contribution in [0.4, 0.5) is 0 Å². The van der Waals surface area contributed by atoms with Gasteiger partial charge < -0.3 is 4.57 Å². The molecule has 0 aliphatic carbocycles. The molecule has 14 aromatic rings. The summed E-state index contributed by atoms with van der Waals surface area (Å²) in [6, 6.07) is 111. The van der Waals surface area contributed by atoms with Gasteiger partial charge in [-0.2, -0.15) is 0 Å². The van der Waals surface area contributed by atoms with Gasteiger partial charge in [-0.15, -0.1) is 0 Å². The van der Waals surface area contributed by atoms with Crippen molar-refractivity contribution in [3.05, 3.63) is 309 Å². The molecule has 14 rings (SSSR count). The fraction of sp³-hybridized carbons (Fsp3) is 0. The standard InChI is InChI=1S/C76H51N3/c1-8-22-52(23-9-1)56-36-40-61(41-37-56)71-51-72(78-76(77-71)62-42-38-57(39-43-62)53-24-10-2-11-25-53)65-49-67(59-32-18-6-19-33-59)74(68(50-65)60-34-20-7-21-35-60)79-73-45-44-63(54-26-12-3-13-27-54)46-69(73)70-48-64(55-28-14-4-15-29-55)47-66(75(70)79)58-30-16-5-17-31-58/h1-51H. The molecule has 12 aromatic carbocycles. The van der Waals surface area contributed by atoms with E-state index in [4.69, 9.17) is 9.97 Å². The smallest absolute Gasteiger partial charge is 0.160 e. The summed E-state index contributed by atoms with van der Waals surface area (Å²) >= 11 is 0. The molecule has 0 saturated carbocycles. The molecule has 2 aromatic heterocycles. The minimum absolute atomic E-state index is 0.657. The van der Waals surface area contributed by atoms with Crippen molar-refractivity contribution in [3.8, 4) is 117 Å². The number of fused-ring (bicyclic) bond motifs is 3. The Labute approximate surface area is 460 Å². The normalized spacial score (nSPS) is 11.3. The molecule has 0 bridgehead atoms. The van der Waals surface area contributed by atoms with Crippen molar-refractivity contribution in [2.45, 2.75) is 0 Å². The molecule has 370 valence electrons. The molecule has 0 saturated heterocycles. The molecule has 2 heterocycles.